The lowest BCUT2D eigenvalue weighted by Gasteiger charge is -2.29. The molecular formula is C24H17ClN2O3S. The first-order valence-electron chi connectivity index (χ1n) is 9.45. The first kappa shape index (κ1) is 20.8. The number of ether oxygens (including phenoxy) is 1. The molecule has 0 spiro atoms. The van der Waals surface area contributed by atoms with E-state index in [1.807, 2.05) is 36.4 Å². The Kier molecular flexibility index (Phi) is 6.11. The quantitative estimate of drug-likeness (QED) is 0.347. The van der Waals surface area contributed by atoms with E-state index in [4.69, 9.17) is 28.6 Å². The Hall–Kier alpha value is -3.48. The van der Waals surface area contributed by atoms with E-state index in [-0.39, 0.29) is 10.7 Å². The van der Waals surface area contributed by atoms with Crippen LogP contribution in [0.4, 0.5) is 5.69 Å². The molecule has 0 unspecified atom stereocenters. The Bertz CT molecular complexity index is 1180. The summed E-state index contributed by atoms with van der Waals surface area (Å²) in [6.07, 6.45) is 1.53. The maximum atomic E-state index is 13.1. The Balaban J connectivity index is 1.58. The maximum absolute atomic E-state index is 13.1. The highest BCUT2D eigenvalue weighted by Gasteiger charge is 2.34. The van der Waals surface area contributed by atoms with Gasteiger partial charge in [-0.3, -0.25) is 19.8 Å². The van der Waals surface area contributed by atoms with Crippen LogP contribution in [-0.4, -0.2) is 16.9 Å². The number of halogens is 1. The van der Waals surface area contributed by atoms with E-state index in [2.05, 4.69) is 5.32 Å². The zero-order valence-corrected chi connectivity index (χ0v) is 17.8. The zero-order valence-electron chi connectivity index (χ0n) is 16.2. The van der Waals surface area contributed by atoms with E-state index >= 15 is 0 Å². The second kappa shape index (κ2) is 9.12. The highest BCUT2D eigenvalue weighted by molar-refractivity contribution is 7.80. The summed E-state index contributed by atoms with van der Waals surface area (Å²) >= 11 is 11.1. The third kappa shape index (κ3) is 4.82. The van der Waals surface area contributed by atoms with Crippen LogP contribution in [0.25, 0.3) is 6.08 Å². The van der Waals surface area contributed by atoms with E-state index in [0.717, 1.165) is 5.56 Å². The number of nitrogens with one attached hydrogen (secondary N) is 1. The monoisotopic (exact) mass is 448 g/mol. The number of hydrogen-bond donors (Lipinski definition) is 1. The lowest BCUT2D eigenvalue weighted by Crippen LogP contribution is -2.54. The maximum Gasteiger partial charge on any atom is 0.270 e. The van der Waals surface area contributed by atoms with Gasteiger partial charge in [-0.25, -0.2) is 0 Å². The molecule has 1 heterocycles. The third-order valence-electron chi connectivity index (χ3n) is 4.60. The summed E-state index contributed by atoms with van der Waals surface area (Å²) in [6.45, 7) is 0.416. The number of benzene rings is 3. The van der Waals surface area contributed by atoms with E-state index in [1.165, 1.54) is 11.0 Å². The van der Waals surface area contributed by atoms with Crippen molar-refractivity contribution in [3.8, 4) is 5.75 Å². The minimum absolute atomic E-state index is 0.0226. The molecule has 2 amide bonds. The molecule has 0 radical (unpaired) electrons. The molecule has 1 fully saturated rings. The molecule has 0 atom stereocenters. The van der Waals surface area contributed by atoms with Crippen LogP contribution in [0.15, 0.2) is 84.4 Å². The molecule has 7 heteroatoms. The van der Waals surface area contributed by atoms with Crippen molar-refractivity contribution in [1.29, 1.82) is 0 Å². The fourth-order valence-electron chi connectivity index (χ4n) is 3.08. The normalized spacial score (nSPS) is 15.2. The van der Waals surface area contributed by atoms with Gasteiger partial charge in [-0.15, -0.1) is 0 Å². The standard InChI is InChI=1S/C24H17ClN2O3S/c25-18-9-11-19(12-10-18)27-23(29)21(22(28)26-24(27)31)14-17-7-4-8-20(13-17)30-15-16-5-2-1-3-6-16/h1-14H,15H2,(H,26,28,31)/b21-14-. The summed E-state index contributed by atoms with van der Waals surface area (Å²) in [5.74, 6) is -0.422. The fraction of sp³-hybridized carbons (Fsp3) is 0.0417. The molecule has 1 N–H and O–H groups in total. The molecule has 1 aliphatic rings. The lowest BCUT2D eigenvalue weighted by molar-refractivity contribution is -0.122. The van der Waals surface area contributed by atoms with E-state index in [9.17, 15) is 9.59 Å². The van der Waals surface area contributed by atoms with Crippen LogP contribution < -0.4 is 15.0 Å². The van der Waals surface area contributed by atoms with Crippen LogP contribution >= 0.6 is 23.8 Å². The van der Waals surface area contributed by atoms with Gasteiger partial charge in [0.15, 0.2) is 5.11 Å². The number of hydrogen-bond acceptors (Lipinski definition) is 4. The van der Waals surface area contributed by atoms with Gasteiger partial charge in [-0.05, 0) is 65.8 Å². The van der Waals surface area contributed by atoms with Gasteiger partial charge in [0, 0.05) is 5.02 Å². The van der Waals surface area contributed by atoms with Gasteiger partial charge in [0.05, 0.1) is 5.69 Å². The first-order chi connectivity index (χ1) is 15.0. The van der Waals surface area contributed by atoms with Crippen molar-refractivity contribution < 1.29 is 14.3 Å². The summed E-state index contributed by atoms with van der Waals surface area (Å²) in [5.41, 5.74) is 2.20. The number of carbonyl (C=O) groups excluding carboxylic acids is 2. The number of thiocarbonyl (C=S) groups is 1. The number of amides is 2. The molecule has 0 aromatic heterocycles. The van der Waals surface area contributed by atoms with E-state index in [1.54, 1.807) is 42.5 Å². The van der Waals surface area contributed by atoms with Gasteiger partial charge in [0.2, 0.25) is 0 Å². The molecule has 0 aliphatic carbocycles. The highest BCUT2D eigenvalue weighted by Crippen LogP contribution is 2.24. The van der Waals surface area contributed by atoms with Gasteiger partial charge >= 0.3 is 0 Å². The number of rotatable bonds is 5. The van der Waals surface area contributed by atoms with Gasteiger partial charge in [-0.2, -0.15) is 0 Å². The van der Waals surface area contributed by atoms with Crippen LogP contribution in [0.1, 0.15) is 11.1 Å². The second-order valence-corrected chi connectivity index (χ2v) is 7.60. The van der Waals surface area contributed by atoms with Crippen LogP contribution in [0.5, 0.6) is 5.75 Å². The SMILES string of the molecule is O=C1NC(=S)N(c2ccc(Cl)cc2)C(=O)/C1=C\c1cccc(OCc2ccccc2)c1. The molecule has 0 saturated carbocycles. The summed E-state index contributed by atoms with van der Waals surface area (Å²) < 4.78 is 5.84. The van der Waals surface area contributed by atoms with Crippen LogP contribution in [0, 0.1) is 0 Å². The Morgan fingerprint density at radius 2 is 1.71 bits per heavy atom. The Labute approximate surface area is 189 Å². The second-order valence-electron chi connectivity index (χ2n) is 6.78. The Morgan fingerprint density at radius 3 is 2.45 bits per heavy atom. The van der Waals surface area contributed by atoms with Crippen LogP contribution in [0.2, 0.25) is 5.02 Å². The highest BCUT2D eigenvalue weighted by atomic mass is 35.5. The topological polar surface area (TPSA) is 58.6 Å². The predicted octanol–water partition coefficient (Wildman–Crippen LogP) is 4.75. The van der Waals surface area contributed by atoms with Gasteiger partial charge in [-0.1, -0.05) is 54.1 Å². The van der Waals surface area contributed by atoms with Crippen molar-refractivity contribution in [2.45, 2.75) is 6.61 Å². The van der Waals surface area contributed by atoms with Crippen molar-refractivity contribution in [2.24, 2.45) is 0 Å². The molecule has 5 nitrogen and oxygen atoms in total. The van der Waals surface area contributed by atoms with Crippen LogP contribution in [0.3, 0.4) is 0 Å². The minimum atomic E-state index is -0.546. The summed E-state index contributed by atoms with van der Waals surface area (Å²) in [5, 5.41) is 3.13. The molecule has 31 heavy (non-hydrogen) atoms. The van der Waals surface area contributed by atoms with Gasteiger partial charge < -0.3 is 4.74 Å². The molecule has 0 bridgehead atoms. The average molecular weight is 449 g/mol. The third-order valence-corrected chi connectivity index (χ3v) is 5.14. The van der Waals surface area contributed by atoms with Crippen molar-refractivity contribution in [3.05, 3.63) is 101 Å². The molecule has 1 aliphatic heterocycles. The van der Waals surface area contributed by atoms with Crippen LogP contribution in [-0.2, 0) is 16.2 Å². The van der Waals surface area contributed by atoms with Gasteiger partial charge in [0.1, 0.15) is 17.9 Å². The molecule has 3 aromatic carbocycles. The predicted molar refractivity (Wildman–Crippen MR) is 125 cm³/mol. The Morgan fingerprint density at radius 1 is 0.968 bits per heavy atom. The number of nitrogens with zero attached hydrogens (tertiary/aromatic N) is 1. The molecule has 4 rings (SSSR count). The van der Waals surface area contributed by atoms with E-state index in [0.29, 0.717) is 28.6 Å². The van der Waals surface area contributed by atoms with E-state index < -0.39 is 11.8 Å². The minimum Gasteiger partial charge on any atom is -0.489 e. The van der Waals surface area contributed by atoms with Crippen molar-refractivity contribution in [2.75, 3.05) is 4.90 Å². The fourth-order valence-corrected chi connectivity index (χ4v) is 3.49. The number of anilines is 1. The molecule has 3 aromatic rings. The van der Waals surface area contributed by atoms with Crippen molar-refractivity contribution in [1.82, 2.24) is 5.32 Å². The summed E-state index contributed by atoms with van der Waals surface area (Å²) in [7, 11) is 0. The first-order valence-corrected chi connectivity index (χ1v) is 10.2. The lowest BCUT2D eigenvalue weighted by atomic mass is 10.1. The zero-order chi connectivity index (χ0) is 21.8. The number of carbonyl (C=O) groups is 2. The molecular weight excluding hydrogens is 432 g/mol. The van der Waals surface area contributed by atoms with Crippen molar-refractivity contribution >= 4 is 52.5 Å². The largest absolute Gasteiger partial charge is 0.489 e. The van der Waals surface area contributed by atoms with Gasteiger partial charge in [0.25, 0.3) is 11.8 Å². The molecule has 154 valence electrons. The summed E-state index contributed by atoms with van der Waals surface area (Å²) in [4.78, 5) is 26.8. The summed E-state index contributed by atoms with van der Waals surface area (Å²) in [6, 6.07) is 23.6. The average Bonchev–Trinajstić information content (AvgIpc) is 2.77. The molecule has 1 saturated heterocycles. The van der Waals surface area contributed by atoms with Crippen molar-refractivity contribution in [3.63, 3.8) is 0 Å². The smallest absolute Gasteiger partial charge is 0.270 e.